The zero-order chi connectivity index (χ0) is 54.3. The van der Waals surface area contributed by atoms with Crippen molar-refractivity contribution in [1.29, 1.82) is 0 Å². The molecule has 0 rings (SSSR count). The lowest BCUT2D eigenvalue weighted by atomic mass is 10.0. The van der Waals surface area contributed by atoms with Crippen molar-refractivity contribution >= 4 is 11.9 Å². The van der Waals surface area contributed by atoms with E-state index >= 15 is 0 Å². The van der Waals surface area contributed by atoms with Gasteiger partial charge in [-0.25, -0.2) is 0 Å². The van der Waals surface area contributed by atoms with Crippen LogP contribution in [0.1, 0.15) is 380 Å². The lowest BCUT2D eigenvalue weighted by Crippen LogP contribution is -2.45. The number of amides is 1. The highest BCUT2D eigenvalue weighted by Crippen LogP contribution is 2.18. The van der Waals surface area contributed by atoms with Gasteiger partial charge < -0.3 is 20.3 Å². The van der Waals surface area contributed by atoms with Crippen LogP contribution in [0.5, 0.6) is 0 Å². The Balaban J connectivity index is 3.35. The molecule has 0 aromatic heterocycles. The number of carbonyl (C=O) groups excluding carboxylic acids is 2. The van der Waals surface area contributed by atoms with Crippen LogP contribution in [0.25, 0.3) is 0 Å². The van der Waals surface area contributed by atoms with Crippen molar-refractivity contribution < 1.29 is 24.5 Å². The second-order valence-corrected chi connectivity index (χ2v) is 23.5. The fourth-order valence-corrected chi connectivity index (χ4v) is 10.7. The molecule has 3 N–H and O–H groups in total. The molecule has 0 radical (unpaired) electrons. The first-order valence-corrected chi connectivity index (χ1v) is 34.1. The van der Waals surface area contributed by atoms with Crippen LogP contribution in [-0.2, 0) is 14.3 Å². The van der Waals surface area contributed by atoms with Gasteiger partial charge in [0.15, 0.2) is 0 Å². The van der Waals surface area contributed by atoms with Gasteiger partial charge in [0.2, 0.25) is 5.91 Å². The van der Waals surface area contributed by atoms with Gasteiger partial charge in [0, 0.05) is 12.8 Å². The molecule has 75 heavy (non-hydrogen) atoms. The molecular formula is C69H133NO5. The summed E-state index contributed by atoms with van der Waals surface area (Å²) < 4.78 is 5.47. The predicted molar refractivity (Wildman–Crippen MR) is 329 cm³/mol. The number of ether oxygens (including phenoxy) is 1. The molecule has 0 fully saturated rings. The highest BCUT2D eigenvalue weighted by atomic mass is 16.5. The minimum absolute atomic E-state index is 0.0185. The van der Waals surface area contributed by atoms with Crippen molar-refractivity contribution in [2.75, 3.05) is 13.2 Å². The predicted octanol–water partition coefficient (Wildman–Crippen LogP) is 21.8. The molecule has 0 saturated carbocycles. The first-order valence-electron chi connectivity index (χ1n) is 34.1. The maximum atomic E-state index is 12.5. The fourth-order valence-electron chi connectivity index (χ4n) is 10.7. The summed E-state index contributed by atoms with van der Waals surface area (Å²) >= 11 is 0. The largest absolute Gasteiger partial charge is 0.466 e. The third kappa shape index (κ3) is 61.4. The normalized spacial score (nSPS) is 12.6. The SMILES string of the molecule is CCCCCCCCCCCCCC/C=C/C(O)C(CO)NC(=O)CCCCCCCCCCCCCCCCCCC/C=C\CCCCCCCCCCCCCCOC(=O)CCCCCCCCCCCCC. The van der Waals surface area contributed by atoms with Crippen molar-refractivity contribution in [3.05, 3.63) is 24.3 Å². The van der Waals surface area contributed by atoms with Crippen LogP contribution in [0, 0.1) is 0 Å². The van der Waals surface area contributed by atoms with E-state index in [1.807, 2.05) is 6.08 Å². The zero-order valence-electron chi connectivity index (χ0n) is 50.8. The molecule has 6 nitrogen and oxygen atoms in total. The Bertz CT molecular complexity index is 1170. The van der Waals surface area contributed by atoms with Crippen molar-refractivity contribution in [1.82, 2.24) is 5.32 Å². The maximum absolute atomic E-state index is 12.5. The van der Waals surface area contributed by atoms with E-state index in [4.69, 9.17) is 4.74 Å². The average Bonchev–Trinajstić information content (AvgIpc) is 3.41. The standard InChI is InChI=1S/C69H133NO5/c1-3-5-7-9-11-13-15-16-38-42-45-49-53-57-61-67(72)66(65-71)70-68(73)62-58-54-50-46-43-39-36-34-32-30-28-26-24-22-20-18-17-19-21-23-25-27-29-31-33-35-37-40-44-48-52-56-60-64-75-69(74)63-59-55-51-47-41-14-12-10-8-6-4-2/h21,23,57,61,66-67,71-72H,3-20,22,24-56,58-60,62-65H2,1-2H3,(H,70,73)/b23-21-,61-57+. The Morgan fingerprint density at radius 1 is 0.360 bits per heavy atom. The second-order valence-electron chi connectivity index (χ2n) is 23.5. The summed E-state index contributed by atoms with van der Waals surface area (Å²) in [5, 5.41) is 23.1. The lowest BCUT2D eigenvalue weighted by Gasteiger charge is -2.20. The molecule has 2 unspecified atom stereocenters. The molecule has 0 bridgehead atoms. The molecule has 2 atom stereocenters. The van der Waals surface area contributed by atoms with E-state index in [1.165, 1.54) is 315 Å². The highest BCUT2D eigenvalue weighted by Gasteiger charge is 2.18. The average molecular weight is 1060 g/mol. The lowest BCUT2D eigenvalue weighted by molar-refractivity contribution is -0.143. The van der Waals surface area contributed by atoms with Crippen molar-refractivity contribution in [3.63, 3.8) is 0 Å². The number of unbranched alkanes of at least 4 members (excludes halogenated alkanes) is 51. The van der Waals surface area contributed by atoms with Gasteiger partial charge in [0.1, 0.15) is 0 Å². The highest BCUT2D eigenvalue weighted by molar-refractivity contribution is 5.76. The molecule has 0 aromatic rings. The van der Waals surface area contributed by atoms with E-state index in [9.17, 15) is 19.8 Å². The van der Waals surface area contributed by atoms with Gasteiger partial charge in [-0.1, -0.05) is 334 Å². The molecule has 0 spiro atoms. The molecule has 0 aliphatic heterocycles. The van der Waals surface area contributed by atoms with Crippen LogP contribution in [0.2, 0.25) is 0 Å². The van der Waals surface area contributed by atoms with Crippen LogP contribution in [-0.4, -0.2) is 47.4 Å². The first-order chi connectivity index (χ1) is 37.0. The van der Waals surface area contributed by atoms with Crippen LogP contribution < -0.4 is 5.32 Å². The molecule has 1 amide bonds. The van der Waals surface area contributed by atoms with Gasteiger partial charge in [0.05, 0.1) is 25.4 Å². The molecule has 0 aliphatic rings. The first kappa shape index (κ1) is 73.3. The monoisotopic (exact) mass is 1060 g/mol. The summed E-state index contributed by atoms with van der Waals surface area (Å²) in [6, 6.07) is -0.624. The molecule has 0 heterocycles. The number of carbonyl (C=O) groups is 2. The van der Waals surface area contributed by atoms with Crippen LogP contribution in [0.4, 0.5) is 0 Å². The van der Waals surface area contributed by atoms with Crippen LogP contribution >= 0.6 is 0 Å². The molecule has 0 aliphatic carbocycles. The van der Waals surface area contributed by atoms with Gasteiger partial charge in [-0.15, -0.1) is 0 Å². The van der Waals surface area contributed by atoms with Gasteiger partial charge in [0.25, 0.3) is 0 Å². The summed E-state index contributed by atoms with van der Waals surface area (Å²) in [4.78, 5) is 24.5. The molecule has 0 aromatic carbocycles. The summed E-state index contributed by atoms with van der Waals surface area (Å²) in [5.74, 6) is -0.0444. The molecule has 6 heteroatoms. The smallest absolute Gasteiger partial charge is 0.305 e. The van der Waals surface area contributed by atoms with Gasteiger partial charge >= 0.3 is 5.97 Å². The second kappa shape index (κ2) is 64.9. The number of hydrogen-bond acceptors (Lipinski definition) is 5. The minimum atomic E-state index is -0.841. The fraction of sp³-hybridized carbons (Fsp3) is 0.913. The maximum Gasteiger partial charge on any atom is 0.305 e. The third-order valence-electron chi connectivity index (χ3n) is 16.0. The minimum Gasteiger partial charge on any atom is -0.466 e. The number of aliphatic hydroxyl groups excluding tert-OH is 2. The van der Waals surface area contributed by atoms with E-state index < -0.39 is 12.1 Å². The van der Waals surface area contributed by atoms with Crippen molar-refractivity contribution in [2.24, 2.45) is 0 Å². The van der Waals surface area contributed by atoms with Crippen molar-refractivity contribution in [2.45, 2.75) is 392 Å². The van der Waals surface area contributed by atoms with Crippen LogP contribution in [0.3, 0.4) is 0 Å². The molecular weight excluding hydrogens is 923 g/mol. The van der Waals surface area contributed by atoms with Crippen molar-refractivity contribution in [3.8, 4) is 0 Å². The summed E-state index contributed by atoms with van der Waals surface area (Å²) in [6.45, 7) is 4.93. The summed E-state index contributed by atoms with van der Waals surface area (Å²) in [6.07, 6.45) is 81.2. The summed E-state index contributed by atoms with van der Waals surface area (Å²) in [7, 11) is 0. The third-order valence-corrected chi connectivity index (χ3v) is 16.0. The number of aliphatic hydroxyl groups is 2. The van der Waals surface area contributed by atoms with Crippen LogP contribution in [0.15, 0.2) is 24.3 Å². The van der Waals surface area contributed by atoms with E-state index in [-0.39, 0.29) is 18.5 Å². The number of esters is 1. The Morgan fingerprint density at radius 3 is 0.947 bits per heavy atom. The Kier molecular flexibility index (Phi) is 63.4. The Hall–Kier alpha value is -1.66. The van der Waals surface area contributed by atoms with E-state index in [0.29, 0.717) is 19.4 Å². The van der Waals surface area contributed by atoms with E-state index in [1.54, 1.807) is 6.08 Å². The molecule has 0 saturated heterocycles. The topological polar surface area (TPSA) is 95.9 Å². The van der Waals surface area contributed by atoms with Gasteiger partial charge in [-0.2, -0.15) is 0 Å². The number of rotatable bonds is 64. The van der Waals surface area contributed by atoms with E-state index in [0.717, 1.165) is 38.5 Å². The van der Waals surface area contributed by atoms with Gasteiger partial charge in [-0.3, -0.25) is 9.59 Å². The number of nitrogens with one attached hydrogen (secondary N) is 1. The number of allylic oxidation sites excluding steroid dienone is 3. The Labute approximate surface area is 469 Å². The summed E-state index contributed by atoms with van der Waals surface area (Å²) in [5.41, 5.74) is 0. The molecule has 444 valence electrons. The number of hydrogen-bond donors (Lipinski definition) is 3. The quantitative estimate of drug-likeness (QED) is 0.0320. The van der Waals surface area contributed by atoms with E-state index in [2.05, 4.69) is 31.3 Å². The van der Waals surface area contributed by atoms with Gasteiger partial charge in [-0.05, 0) is 57.8 Å². The Morgan fingerprint density at radius 2 is 0.627 bits per heavy atom. The zero-order valence-corrected chi connectivity index (χ0v) is 50.8.